The maximum absolute atomic E-state index is 12.3. The first-order valence-corrected chi connectivity index (χ1v) is 7.87. The average molecular weight is 290 g/mol. The Morgan fingerprint density at radius 3 is 2.29 bits per heavy atom. The Hall–Kier alpha value is -1.35. The number of likely N-dealkylation sites (N-methyl/N-ethyl adjacent to an activating group) is 1. The minimum absolute atomic E-state index is 0.152. The normalized spacial score (nSPS) is 14.2. The van der Waals surface area contributed by atoms with Crippen molar-refractivity contribution in [2.75, 3.05) is 20.6 Å². The molecule has 0 saturated heterocycles. The zero-order chi connectivity index (χ0) is 15.8. The molecule has 21 heavy (non-hydrogen) atoms. The fourth-order valence-corrected chi connectivity index (χ4v) is 2.65. The molecule has 118 valence electrons. The lowest BCUT2D eigenvalue weighted by Crippen LogP contribution is -2.42. The van der Waals surface area contributed by atoms with Crippen LogP contribution >= 0.6 is 0 Å². The van der Waals surface area contributed by atoms with Crippen molar-refractivity contribution in [1.82, 2.24) is 10.2 Å². The molecular formula is C18H30N2O. The number of rotatable bonds is 8. The topological polar surface area (TPSA) is 32.3 Å². The number of nitrogens with zero attached hydrogens (tertiary/aromatic N) is 1. The summed E-state index contributed by atoms with van der Waals surface area (Å²) in [4.78, 5) is 14.4. The van der Waals surface area contributed by atoms with Crippen molar-refractivity contribution >= 4 is 5.91 Å². The molecule has 2 unspecified atom stereocenters. The van der Waals surface area contributed by atoms with Gasteiger partial charge < -0.3 is 10.2 Å². The van der Waals surface area contributed by atoms with Gasteiger partial charge in [0.2, 0.25) is 5.91 Å². The third-order valence-corrected chi connectivity index (χ3v) is 3.57. The Balaban J connectivity index is 2.53. The van der Waals surface area contributed by atoms with Gasteiger partial charge in [-0.3, -0.25) is 4.79 Å². The van der Waals surface area contributed by atoms with E-state index >= 15 is 0 Å². The second kappa shape index (κ2) is 8.83. The van der Waals surface area contributed by atoms with Crippen molar-refractivity contribution in [3.8, 4) is 0 Å². The van der Waals surface area contributed by atoms with Crippen LogP contribution in [0.2, 0.25) is 0 Å². The number of hydrogen-bond acceptors (Lipinski definition) is 2. The highest BCUT2D eigenvalue weighted by molar-refractivity contribution is 5.77. The molecule has 1 amide bonds. The van der Waals surface area contributed by atoms with Crippen molar-refractivity contribution in [1.29, 1.82) is 0 Å². The number of amides is 1. The second-order valence-electron chi connectivity index (χ2n) is 6.67. The summed E-state index contributed by atoms with van der Waals surface area (Å²) in [6.07, 6.45) is 1.57. The Labute approximate surface area is 129 Å². The Morgan fingerprint density at radius 1 is 1.14 bits per heavy atom. The molecule has 0 aliphatic rings. The van der Waals surface area contributed by atoms with Crippen molar-refractivity contribution in [2.24, 2.45) is 5.92 Å². The van der Waals surface area contributed by atoms with E-state index in [1.165, 1.54) is 5.56 Å². The predicted molar refractivity (Wildman–Crippen MR) is 89.4 cm³/mol. The van der Waals surface area contributed by atoms with Crippen LogP contribution in [-0.2, 0) is 4.79 Å². The molecule has 2 atom stereocenters. The van der Waals surface area contributed by atoms with Crippen molar-refractivity contribution in [3.05, 3.63) is 35.9 Å². The van der Waals surface area contributed by atoms with Crippen molar-refractivity contribution in [3.63, 3.8) is 0 Å². The molecule has 0 aliphatic carbocycles. The van der Waals surface area contributed by atoms with Gasteiger partial charge in [0.05, 0.1) is 0 Å². The zero-order valence-electron chi connectivity index (χ0n) is 14.1. The largest absolute Gasteiger partial charge is 0.352 e. The SMILES string of the molecule is CC(C)CC(CN(C)C)NC(=O)CC(C)c1ccccc1. The van der Waals surface area contributed by atoms with Gasteiger partial charge >= 0.3 is 0 Å². The highest BCUT2D eigenvalue weighted by Crippen LogP contribution is 2.18. The van der Waals surface area contributed by atoms with Crippen LogP contribution in [-0.4, -0.2) is 37.5 Å². The highest BCUT2D eigenvalue weighted by atomic mass is 16.1. The van der Waals surface area contributed by atoms with Crippen LogP contribution in [0.15, 0.2) is 30.3 Å². The van der Waals surface area contributed by atoms with Gasteiger partial charge in [0.25, 0.3) is 0 Å². The Kier molecular flexibility index (Phi) is 7.44. The number of carbonyl (C=O) groups is 1. The highest BCUT2D eigenvalue weighted by Gasteiger charge is 2.17. The maximum Gasteiger partial charge on any atom is 0.220 e. The van der Waals surface area contributed by atoms with E-state index in [2.05, 4.69) is 43.1 Å². The van der Waals surface area contributed by atoms with E-state index in [1.807, 2.05) is 32.3 Å². The molecule has 1 rings (SSSR count). The molecule has 0 saturated carbocycles. The first kappa shape index (κ1) is 17.7. The summed E-state index contributed by atoms with van der Waals surface area (Å²) in [6, 6.07) is 10.5. The molecule has 0 aromatic heterocycles. The molecule has 1 aromatic rings. The zero-order valence-corrected chi connectivity index (χ0v) is 14.1. The van der Waals surface area contributed by atoms with Gasteiger partial charge in [0.1, 0.15) is 0 Å². The molecular weight excluding hydrogens is 260 g/mol. The van der Waals surface area contributed by atoms with E-state index in [4.69, 9.17) is 0 Å². The van der Waals surface area contributed by atoms with Gasteiger partial charge in [-0.15, -0.1) is 0 Å². The molecule has 0 bridgehead atoms. The van der Waals surface area contributed by atoms with Crippen molar-refractivity contribution in [2.45, 2.75) is 45.6 Å². The molecule has 0 aliphatic heterocycles. The van der Waals surface area contributed by atoms with Crippen LogP contribution in [0.4, 0.5) is 0 Å². The predicted octanol–water partition coefficient (Wildman–Crippen LogP) is 3.27. The fourth-order valence-electron chi connectivity index (χ4n) is 2.65. The summed E-state index contributed by atoms with van der Waals surface area (Å²) >= 11 is 0. The summed E-state index contributed by atoms with van der Waals surface area (Å²) in [5.74, 6) is 0.992. The lowest BCUT2D eigenvalue weighted by Gasteiger charge is -2.24. The first-order chi connectivity index (χ1) is 9.88. The second-order valence-corrected chi connectivity index (χ2v) is 6.67. The third-order valence-electron chi connectivity index (χ3n) is 3.57. The van der Waals surface area contributed by atoms with Gasteiger partial charge in [-0.05, 0) is 37.9 Å². The molecule has 0 radical (unpaired) electrons. The smallest absolute Gasteiger partial charge is 0.220 e. The first-order valence-electron chi connectivity index (χ1n) is 7.87. The monoisotopic (exact) mass is 290 g/mol. The summed E-state index contributed by atoms with van der Waals surface area (Å²) in [7, 11) is 4.10. The molecule has 0 heterocycles. The van der Waals surface area contributed by atoms with Crippen LogP contribution in [0.5, 0.6) is 0 Å². The molecule has 0 spiro atoms. The van der Waals surface area contributed by atoms with Gasteiger partial charge in [-0.1, -0.05) is 51.1 Å². The Bertz CT molecular complexity index is 404. The fraction of sp³-hybridized carbons (Fsp3) is 0.611. The number of carbonyl (C=O) groups excluding carboxylic acids is 1. The quantitative estimate of drug-likeness (QED) is 0.797. The summed E-state index contributed by atoms with van der Waals surface area (Å²) in [5, 5.41) is 3.20. The van der Waals surface area contributed by atoms with Crippen LogP contribution < -0.4 is 5.32 Å². The maximum atomic E-state index is 12.3. The van der Waals surface area contributed by atoms with Crippen LogP contribution in [0.25, 0.3) is 0 Å². The lowest BCUT2D eigenvalue weighted by molar-refractivity contribution is -0.122. The Morgan fingerprint density at radius 2 is 1.76 bits per heavy atom. The van der Waals surface area contributed by atoms with E-state index in [1.54, 1.807) is 0 Å². The number of nitrogens with one attached hydrogen (secondary N) is 1. The van der Waals surface area contributed by atoms with E-state index in [9.17, 15) is 4.79 Å². The van der Waals surface area contributed by atoms with E-state index in [-0.39, 0.29) is 17.9 Å². The van der Waals surface area contributed by atoms with Crippen molar-refractivity contribution < 1.29 is 4.79 Å². The van der Waals surface area contributed by atoms with E-state index in [0.29, 0.717) is 12.3 Å². The molecule has 0 fully saturated rings. The van der Waals surface area contributed by atoms with Crippen LogP contribution in [0.3, 0.4) is 0 Å². The van der Waals surface area contributed by atoms with Gasteiger partial charge in [-0.25, -0.2) is 0 Å². The molecule has 3 heteroatoms. The molecule has 1 aromatic carbocycles. The number of hydrogen-bond donors (Lipinski definition) is 1. The van der Waals surface area contributed by atoms with E-state index < -0.39 is 0 Å². The van der Waals surface area contributed by atoms with Crippen LogP contribution in [0.1, 0.15) is 45.1 Å². The lowest BCUT2D eigenvalue weighted by atomic mass is 9.97. The third kappa shape index (κ3) is 7.28. The summed E-state index contributed by atoms with van der Waals surface area (Å²) < 4.78 is 0. The minimum Gasteiger partial charge on any atom is -0.352 e. The standard InChI is InChI=1S/C18H30N2O/c1-14(2)11-17(13-20(4)5)19-18(21)12-15(3)16-9-7-6-8-10-16/h6-10,14-15,17H,11-13H2,1-5H3,(H,19,21). The average Bonchev–Trinajstić information content (AvgIpc) is 2.37. The molecule has 3 nitrogen and oxygen atoms in total. The summed E-state index contributed by atoms with van der Waals surface area (Å²) in [5.41, 5.74) is 1.22. The van der Waals surface area contributed by atoms with Gasteiger partial charge in [0, 0.05) is 19.0 Å². The summed E-state index contributed by atoms with van der Waals surface area (Å²) in [6.45, 7) is 7.39. The number of benzene rings is 1. The van der Waals surface area contributed by atoms with E-state index in [0.717, 1.165) is 13.0 Å². The van der Waals surface area contributed by atoms with Crippen LogP contribution in [0, 0.1) is 5.92 Å². The molecule has 1 N–H and O–H groups in total. The van der Waals surface area contributed by atoms with Gasteiger partial charge in [-0.2, -0.15) is 0 Å². The minimum atomic E-state index is 0.152. The van der Waals surface area contributed by atoms with Gasteiger partial charge in [0.15, 0.2) is 0 Å².